The van der Waals surface area contributed by atoms with Gasteiger partial charge in [0.15, 0.2) is 5.69 Å². The van der Waals surface area contributed by atoms with Crippen LogP contribution in [0.5, 0.6) is 0 Å². The average Bonchev–Trinajstić information content (AvgIpc) is 2.48. The molecule has 0 fully saturated rings. The Morgan fingerprint density at radius 1 is 1.60 bits per heavy atom. The number of aromatic nitrogens is 2. The number of hydrogen-bond donors (Lipinski definition) is 0. The fourth-order valence-corrected chi connectivity index (χ4v) is 1.42. The Bertz CT molecular complexity index is 342. The van der Waals surface area contributed by atoms with Gasteiger partial charge in [-0.3, -0.25) is 0 Å². The average molecular weight is 210 g/mol. The summed E-state index contributed by atoms with van der Waals surface area (Å²) in [5.41, 5.74) is 1.31. The number of imidazole rings is 1. The van der Waals surface area contributed by atoms with Crippen molar-refractivity contribution in [3.05, 3.63) is 17.7 Å². The van der Waals surface area contributed by atoms with Crippen LogP contribution >= 0.6 is 0 Å². The molecule has 0 amide bonds. The summed E-state index contributed by atoms with van der Waals surface area (Å²) in [6, 6.07) is 0. The molecular formula is C11H18N2O2. The maximum atomic E-state index is 11.5. The van der Waals surface area contributed by atoms with E-state index in [0.29, 0.717) is 18.2 Å². The van der Waals surface area contributed by atoms with Gasteiger partial charge in [0, 0.05) is 12.2 Å². The van der Waals surface area contributed by atoms with E-state index in [2.05, 4.69) is 18.8 Å². The molecular weight excluding hydrogens is 192 g/mol. The lowest BCUT2D eigenvalue weighted by Gasteiger charge is -2.08. The number of esters is 1. The molecule has 0 aliphatic heterocycles. The molecule has 0 bridgehead atoms. The third kappa shape index (κ3) is 2.81. The highest BCUT2D eigenvalue weighted by Crippen LogP contribution is 2.10. The van der Waals surface area contributed by atoms with Gasteiger partial charge in [-0.05, 0) is 19.8 Å². The molecule has 0 spiro atoms. The highest BCUT2D eigenvalue weighted by atomic mass is 16.5. The molecule has 84 valence electrons. The number of carbonyl (C=O) groups excluding carboxylic acids is 1. The standard InChI is InChI=1S/C11H18N2O2/c1-5-15-11(14)10-9(4)13(7-12-10)6-8(2)3/h7-8H,5-6H2,1-4H3. The van der Waals surface area contributed by atoms with Crippen LogP contribution in [0, 0.1) is 12.8 Å². The zero-order valence-electron chi connectivity index (χ0n) is 9.78. The van der Waals surface area contributed by atoms with Crippen LogP contribution in [0.1, 0.15) is 37.0 Å². The van der Waals surface area contributed by atoms with Gasteiger partial charge in [-0.2, -0.15) is 0 Å². The summed E-state index contributed by atoms with van der Waals surface area (Å²) >= 11 is 0. The SMILES string of the molecule is CCOC(=O)c1ncn(CC(C)C)c1C. The minimum Gasteiger partial charge on any atom is -0.461 e. The third-order valence-electron chi connectivity index (χ3n) is 2.13. The molecule has 0 radical (unpaired) electrons. The van der Waals surface area contributed by atoms with E-state index in [1.165, 1.54) is 0 Å². The number of nitrogens with zero attached hydrogens (tertiary/aromatic N) is 2. The third-order valence-corrected chi connectivity index (χ3v) is 2.13. The van der Waals surface area contributed by atoms with Crippen molar-refractivity contribution in [3.63, 3.8) is 0 Å². The van der Waals surface area contributed by atoms with E-state index in [-0.39, 0.29) is 5.97 Å². The van der Waals surface area contributed by atoms with Crippen LogP contribution in [-0.2, 0) is 11.3 Å². The number of hydrogen-bond acceptors (Lipinski definition) is 3. The minimum absolute atomic E-state index is 0.336. The van der Waals surface area contributed by atoms with Crippen LogP contribution < -0.4 is 0 Å². The van der Waals surface area contributed by atoms with E-state index < -0.39 is 0 Å². The van der Waals surface area contributed by atoms with E-state index in [9.17, 15) is 4.79 Å². The van der Waals surface area contributed by atoms with Crippen molar-refractivity contribution in [1.82, 2.24) is 9.55 Å². The fraction of sp³-hybridized carbons (Fsp3) is 0.636. The van der Waals surface area contributed by atoms with Crippen molar-refractivity contribution >= 4 is 5.97 Å². The second-order valence-corrected chi connectivity index (χ2v) is 3.95. The zero-order valence-corrected chi connectivity index (χ0v) is 9.78. The second kappa shape index (κ2) is 4.96. The Morgan fingerprint density at radius 3 is 2.80 bits per heavy atom. The first-order valence-corrected chi connectivity index (χ1v) is 5.25. The molecule has 0 saturated heterocycles. The van der Waals surface area contributed by atoms with Gasteiger partial charge >= 0.3 is 5.97 Å². The minimum atomic E-state index is -0.336. The molecule has 0 aliphatic carbocycles. The van der Waals surface area contributed by atoms with Crippen LogP contribution in [-0.4, -0.2) is 22.1 Å². The maximum Gasteiger partial charge on any atom is 0.358 e. The van der Waals surface area contributed by atoms with E-state index in [0.717, 1.165) is 12.2 Å². The first kappa shape index (κ1) is 11.8. The van der Waals surface area contributed by atoms with Crippen molar-refractivity contribution in [1.29, 1.82) is 0 Å². The van der Waals surface area contributed by atoms with Gasteiger partial charge in [0.05, 0.1) is 12.9 Å². The predicted molar refractivity (Wildman–Crippen MR) is 57.8 cm³/mol. The maximum absolute atomic E-state index is 11.5. The van der Waals surface area contributed by atoms with Crippen molar-refractivity contribution in [2.75, 3.05) is 6.61 Å². The number of carbonyl (C=O) groups is 1. The van der Waals surface area contributed by atoms with E-state index in [1.807, 2.05) is 11.5 Å². The molecule has 1 aromatic rings. The molecule has 4 heteroatoms. The number of rotatable bonds is 4. The molecule has 1 aromatic heterocycles. The summed E-state index contributed by atoms with van der Waals surface area (Å²) in [6.07, 6.45) is 1.70. The smallest absolute Gasteiger partial charge is 0.358 e. The quantitative estimate of drug-likeness (QED) is 0.714. The van der Waals surface area contributed by atoms with E-state index in [1.54, 1.807) is 13.3 Å². The Kier molecular flexibility index (Phi) is 3.88. The van der Waals surface area contributed by atoms with Gasteiger partial charge in [-0.25, -0.2) is 9.78 Å². The number of ether oxygens (including phenoxy) is 1. The molecule has 0 N–H and O–H groups in total. The first-order valence-electron chi connectivity index (χ1n) is 5.25. The van der Waals surface area contributed by atoms with E-state index >= 15 is 0 Å². The molecule has 0 unspecified atom stereocenters. The van der Waals surface area contributed by atoms with Gasteiger partial charge in [0.2, 0.25) is 0 Å². The normalized spacial score (nSPS) is 10.7. The highest BCUT2D eigenvalue weighted by molar-refractivity contribution is 5.88. The summed E-state index contributed by atoms with van der Waals surface area (Å²) in [7, 11) is 0. The largest absolute Gasteiger partial charge is 0.461 e. The Labute approximate surface area is 90.3 Å². The summed E-state index contributed by atoms with van der Waals surface area (Å²) in [6.45, 7) is 9.19. The van der Waals surface area contributed by atoms with Gasteiger partial charge in [0.25, 0.3) is 0 Å². The van der Waals surface area contributed by atoms with Gasteiger partial charge in [-0.1, -0.05) is 13.8 Å². The second-order valence-electron chi connectivity index (χ2n) is 3.95. The molecule has 1 rings (SSSR count). The summed E-state index contributed by atoms with van der Waals surface area (Å²) < 4.78 is 6.90. The monoisotopic (exact) mass is 210 g/mol. The molecule has 15 heavy (non-hydrogen) atoms. The molecule has 4 nitrogen and oxygen atoms in total. The van der Waals surface area contributed by atoms with Gasteiger partial charge in [-0.15, -0.1) is 0 Å². The molecule has 1 heterocycles. The van der Waals surface area contributed by atoms with Crippen molar-refractivity contribution in [2.24, 2.45) is 5.92 Å². The van der Waals surface area contributed by atoms with Crippen LogP contribution in [0.25, 0.3) is 0 Å². The lowest BCUT2D eigenvalue weighted by atomic mass is 10.2. The molecule has 0 saturated carbocycles. The Hall–Kier alpha value is -1.32. The van der Waals surface area contributed by atoms with Crippen LogP contribution in [0.3, 0.4) is 0 Å². The first-order chi connectivity index (χ1) is 7.06. The van der Waals surface area contributed by atoms with Crippen LogP contribution in [0.2, 0.25) is 0 Å². The van der Waals surface area contributed by atoms with Crippen molar-refractivity contribution in [3.8, 4) is 0 Å². The predicted octanol–water partition coefficient (Wildman–Crippen LogP) is 2.02. The van der Waals surface area contributed by atoms with Crippen molar-refractivity contribution in [2.45, 2.75) is 34.2 Å². The Balaban J connectivity index is 2.84. The molecule has 0 atom stereocenters. The van der Waals surface area contributed by atoms with Gasteiger partial charge in [0.1, 0.15) is 0 Å². The zero-order chi connectivity index (χ0) is 11.4. The lowest BCUT2D eigenvalue weighted by molar-refractivity contribution is 0.0519. The summed E-state index contributed by atoms with van der Waals surface area (Å²) in [4.78, 5) is 15.5. The van der Waals surface area contributed by atoms with Crippen LogP contribution in [0.15, 0.2) is 6.33 Å². The van der Waals surface area contributed by atoms with E-state index in [4.69, 9.17) is 4.74 Å². The summed E-state index contributed by atoms with van der Waals surface area (Å²) in [5.74, 6) is 0.199. The topological polar surface area (TPSA) is 44.1 Å². The molecule has 0 aromatic carbocycles. The highest BCUT2D eigenvalue weighted by Gasteiger charge is 2.15. The fourth-order valence-electron chi connectivity index (χ4n) is 1.42. The summed E-state index contributed by atoms with van der Waals surface area (Å²) in [5, 5.41) is 0. The van der Waals surface area contributed by atoms with Crippen molar-refractivity contribution < 1.29 is 9.53 Å². The molecule has 0 aliphatic rings. The Morgan fingerprint density at radius 2 is 2.27 bits per heavy atom. The van der Waals surface area contributed by atoms with Crippen LogP contribution in [0.4, 0.5) is 0 Å². The lowest BCUT2D eigenvalue weighted by Crippen LogP contribution is -2.09. The van der Waals surface area contributed by atoms with Gasteiger partial charge < -0.3 is 9.30 Å².